The van der Waals surface area contributed by atoms with E-state index in [-0.39, 0.29) is 0 Å². The van der Waals surface area contributed by atoms with Crippen molar-refractivity contribution in [3.05, 3.63) is 0 Å². The van der Waals surface area contributed by atoms with Crippen LogP contribution in [-0.2, 0) is 28.4 Å². The number of hydrogen-bond donors (Lipinski definition) is 15. The fraction of sp³-hybridized carbons (Fsp3) is 1.00. The van der Waals surface area contributed by atoms with Gasteiger partial charge in [-0.15, -0.1) is 0 Å². The minimum atomic E-state index is -2.46. The number of aliphatic hydroxyl groups excluding tert-OH is 15. The van der Waals surface area contributed by atoms with Gasteiger partial charge in [-0.25, -0.2) is 0 Å². The van der Waals surface area contributed by atoms with E-state index in [9.17, 15) is 76.6 Å². The first kappa shape index (κ1) is 38.6. The molecule has 3 heterocycles. The van der Waals surface area contributed by atoms with Gasteiger partial charge in [-0.2, -0.15) is 0 Å². The Morgan fingerprint density at radius 3 is 1.11 bits per heavy atom. The van der Waals surface area contributed by atoms with Crippen LogP contribution in [0.5, 0.6) is 0 Å². The highest BCUT2D eigenvalue weighted by atomic mass is 16.8. The molecule has 0 aliphatic carbocycles. The first-order chi connectivity index (χ1) is 21.1. The lowest BCUT2D eigenvalue weighted by Gasteiger charge is -2.34. The van der Waals surface area contributed by atoms with E-state index in [0.717, 1.165) is 0 Å². The van der Waals surface area contributed by atoms with Crippen molar-refractivity contribution in [3.8, 4) is 0 Å². The topological polar surface area (TPSA) is 359 Å². The highest BCUT2D eigenvalue weighted by molar-refractivity contribution is 5.00. The van der Waals surface area contributed by atoms with E-state index < -0.39 is 150 Å². The number of aliphatic hydroxyl groups is 15. The van der Waals surface area contributed by atoms with Crippen LogP contribution in [0.3, 0.4) is 0 Å². The number of rotatable bonds is 17. The number of ether oxygens (including phenoxy) is 6. The Morgan fingerprint density at radius 2 is 0.800 bits per heavy atom. The second kappa shape index (κ2) is 15.6. The summed E-state index contributed by atoms with van der Waals surface area (Å²) in [6.07, 6.45) is -23.6. The van der Waals surface area contributed by atoms with Crippen molar-refractivity contribution in [2.75, 3.05) is 52.9 Å². The fourth-order valence-corrected chi connectivity index (χ4v) is 5.22. The fourth-order valence-electron chi connectivity index (χ4n) is 5.22. The molecular formula is C24H44O21. The summed E-state index contributed by atoms with van der Waals surface area (Å²) in [7, 11) is 0. The van der Waals surface area contributed by atoms with Gasteiger partial charge in [0.05, 0.1) is 33.0 Å². The molecule has 21 heteroatoms. The van der Waals surface area contributed by atoms with Gasteiger partial charge in [0, 0.05) is 0 Å². The third kappa shape index (κ3) is 7.44. The number of hydrogen-bond acceptors (Lipinski definition) is 21. The molecular weight excluding hydrogens is 624 g/mol. The lowest BCUT2D eigenvalue weighted by Crippen LogP contribution is -2.54. The van der Waals surface area contributed by atoms with Crippen molar-refractivity contribution in [2.24, 2.45) is 0 Å². The van der Waals surface area contributed by atoms with Crippen LogP contribution >= 0.6 is 0 Å². The third-order valence-electron chi connectivity index (χ3n) is 8.17. The average molecular weight is 669 g/mol. The highest BCUT2D eigenvalue weighted by Crippen LogP contribution is 2.37. The zero-order valence-electron chi connectivity index (χ0n) is 23.8. The molecule has 0 radical (unpaired) electrons. The summed E-state index contributed by atoms with van der Waals surface area (Å²) in [4.78, 5) is 0. The lowest BCUT2D eigenvalue weighted by atomic mass is 10.0. The van der Waals surface area contributed by atoms with Crippen molar-refractivity contribution in [1.82, 2.24) is 0 Å². The Labute approximate surface area is 255 Å². The molecule has 3 rings (SSSR count). The SMILES string of the molecule is OC[C@H]1O[C@@](CO)(OC[C@@H](O)[C@@H](O)[C@H](O)[C@H](O)CO[C@]2(CO)O[C@H](CO[C@]3(CO)O[C@H](CO)[C@@H](O)[C@@H]3O)[C@@H](O)[C@@H]2O)[C@@H](O)[C@@H]1O. The minimum Gasteiger partial charge on any atom is -0.394 e. The van der Waals surface area contributed by atoms with Crippen LogP contribution in [0.25, 0.3) is 0 Å². The van der Waals surface area contributed by atoms with Gasteiger partial charge in [0.2, 0.25) is 17.4 Å². The molecule has 3 saturated heterocycles. The van der Waals surface area contributed by atoms with E-state index in [1.165, 1.54) is 0 Å². The summed E-state index contributed by atoms with van der Waals surface area (Å²) < 4.78 is 31.6. The van der Waals surface area contributed by atoms with Gasteiger partial charge in [0.15, 0.2) is 0 Å². The molecule has 0 amide bonds. The molecule has 0 spiro atoms. The minimum absolute atomic E-state index is 0.741. The summed E-state index contributed by atoms with van der Waals surface area (Å²) in [6.45, 7) is -7.39. The smallest absolute Gasteiger partial charge is 0.221 e. The van der Waals surface area contributed by atoms with Gasteiger partial charge in [-0.3, -0.25) is 0 Å². The quantitative estimate of drug-likeness (QED) is 0.0684. The van der Waals surface area contributed by atoms with Crippen LogP contribution in [0.4, 0.5) is 0 Å². The second-order valence-electron chi connectivity index (χ2n) is 11.1. The summed E-state index contributed by atoms with van der Waals surface area (Å²) in [5.74, 6) is -7.01. The van der Waals surface area contributed by atoms with Gasteiger partial charge in [-0.1, -0.05) is 0 Å². The second-order valence-corrected chi connectivity index (χ2v) is 11.1. The van der Waals surface area contributed by atoms with E-state index in [1.807, 2.05) is 0 Å². The predicted molar refractivity (Wildman–Crippen MR) is 136 cm³/mol. The molecule has 0 unspecified atom stereocenters. The molecule has 0 bridgehead atoms. The molecule has 266 valence electrons. The third-order valence-corrected chi connectivity index (χ3v) is 8.17. The van der Waals surface area contributed by atoms with E-state index in [1.54, 1.807) is 0 Å². The van der Waals surface area contributed by atoms with Gasteiger partial charge < -0.3 is 105 Å². The maximum absolute atomic E-state index is 10.6. The van der Waals surface area contributed by atoms with Crippen LogP contribution in [0.1, 0.15) is 0 Å². The Kier molecular flexibility index (Phi) is 13.4. The maximum atomic E-state index is 10.6. The van der Waals surface area contributed by atoms with Gasteiger partial charge >= 0.3 is 0 Å². The van der Waals surface area contributed by atoms with Gasteiger partial charge in [-0.05, 0) is 0 Å². The molecule has 16 atom stereocenters. The molecule has 0 saturated carbocycles. The van der Waals surface area contributed by atoms with Crippen LogP contribution in [0.2, 0.25) is 0 Å². The summed E-state index contributed by atoms with van der Waals surface area (Å²) >= 11 is 0. The van der Waals surface area contributed by atoms with Crippen molar-refractivity contribution in [3.63, 3.8) is 0 Å². The first-order valence-electron chi connectivity index (χ1n) is 13.9. The largest absolute Gasteiger partial charge is 0.394 e. The van der Waals surface area contributed by atoms with E-state index >= 15 is 0 Å². The molecule has 45 heavy (non-hydrogen) atoms. The molecule has 3 fully saturated rings. The summed E-state index contributed by atoms with van der Waals surface area (Å²) in [5.41, 5.74) is 0. The molecule has 15 N–H and O–H groups in total. The first-order valence-corrected chi connectivity index (χ1v) is 13.9. The summed E-state index contributed by atoms with van der Waals surface area (Å²) in [5, 5.41) is 150. The standard InChI is InChI=1S/C24H44O21/c25-1-11-16(34)19(37)22(6-27,43-11)40-3-9(30)14(32)15(33)10(31)4-41-23(7-28)21(39)18(36)13(45-23)5-42-24(8-29)20(38)17(35)12(2-26)44-24/h9-21,25-39H,1-8H2/t9-,10-,11-,12-,13-,14-,15-,16-,17-,18-,19+,20+,21+,22-,23-,24-/m1/s1. The molecule has 21 nitrogen and oxygen atoms in total. The van der Waals surface area contributed by atoms with Crippen LogP contribution < -0.4 is 0 Å². The Morgan fingerprint density at radius 1 is 0.489 bits per heavy atom. The normalized spacial score (nSPS) is 44.7. The lowest BCUT2D eigenvalue weighted by molar-refractivity contribution is -0.308. The van der Waals surface area contributed by atoms with Crippen LogP contribution in [-0.4, -0.2) is 226 Å². The zero-order valence-corrected chi connectivity index (χ0v) is 23.8. The predicted octanol–water partition coefficient (Wildman–Crippen LogP) is -10.1. The summed E-state index contributed by atoms with van der Waals surface area (Å²) in [6, 6.07) is 0. The molecule has 3 aliphatic rings. The monoisotopic (exact) mass is 668 g/mol. The van der Waals surface area contributed by atoms with Crippen molar-refractivity contribution in [2.45, 2.75) is 96.7 Å². The Balaban J connectivity index is 1.57. The van der Waals surface area contributed by atoms with Gasteiger partial charge in [0.1, 0.15) is 99.2 Å². The van der Waals surface area contributed by atoms with Crippen molar-refractivity contribution < 1.29 is 105 Å². The van der Waals surface area contributed by atoms with E-state index in [4.69, 9.17) is 28.4 Å². The van der Waals surface area contributed by atoms with Gasteiger partial charge in [0.25, 0.3) is 0 Å². The van der Waals surface area contributed by atoms with E-state index in [0.29, 0.717) is 0 Å². The Hall–Kier alpha value is -0.840. The van der Waals surface area contributed by atoms with Crippen molar-refractivity contribution >= 4 is 0 Å². The van der Waals surface area contributed by atoms with Crippen LogP contribution in [0, 0.1) is 0 Å². The molecule has 0 aromatic heterocycles. The maximum Gasteiger partial charge on any atom is 0.221 e. The highest BCUT2D eigenvalue weighted by Gasteiger charge is 2.59. The van der Waals surface area contributed by atoms with Crippen molar-refractivity contribution in [1.29, 1.82) is 0 Å². The van der Waals surface area contributed by atoms with Crippen LogP contribution in [0.15, 0.2) is 0 Å². The zero-order chi connectivity index (χ0) is 33.9. The molecule has 3 aliphatic heterocycles. The molecule has 0 aromatic rings. The molecule has 0 aromatic carbocycles. The average Bonchev–Trinajstić information content (AvgIpc) is 3.56. The Bertz CT molecular complexity index is 918. The van der Waals surface area contributed by atoms with E-state index in [2.05, 4.69) is 0 Å².